The fourth-order valence-corrected chi connectivity index (χ4v) is 4.42. The summed E-state index contributed by atoms with van der Waals surface area (Å²) in [6.45, 7) is 4.46. The van der Waals surface area contributed by atoms with Crippen molar-refractivity contribution >= 4 is 0 Å². The van der Waals surface area contributed by atoms with Gasteiger partial charge in [-0.25, -0.2) is 0 Å². The van der Waals surface area contributed by atoms with Crippen LogP contribution in [-0.4, -0.2) is 55.1 Å². The lowest BCUT2D eigenvalue weighted by molar-refractivity contribution is -0.0494. The van der Waals surface area contributed by atoms with Crippen molar-refractivity contribution in [3.8, 4) is 5.75 Å². The predicted octanol–water partition coefficient (Wildman–Crippen LogP) is 2.03. The van der Waals surface area contributed by atoms with Crippen LogP contribution in [0.4, 0.5) is 0 Å². The normalized spacial score (nSPS) is 31.1. The van der Waals surface area contributed by atoms with Gasteiger partial charge in [0.05, 0.1) is 25.9 Å². The molecule has 0 unspecified atom stereocenters. The summed E-state index contributed by atoms with van der Waals surface area (Å²) in [6, 6.07) is 7.01. The molecule has 4 rings (SSSR count). The van der Waals surface area contributed by atoms with E-state index in [0.29, 0.717) is 12.0 Å². The highest BCUT2D eigenvalue weighted by atomic mass is 16.5. The Morgan fingerprint density at radius 3 is 3.04 bits per heavy atom. The average Bonchev–Trinajstić information content (AvgIpc) is 3.21. The van der Waals surface area contributed by atoms with Gasteiger partial charge in [-0.2, -0.15) is 0 Å². The number of ether oxygens (including phenoxy) is 2. The summed E-state index contributed by atoms with van der Waals surface area (Å²) < 4.78 is 11.3. The van der Waals surface area contributed by atoms with Crippen molar-refractivity contribution in [1.29, 1.82) is 0 Å². The highest BCUT2D eigenvalue weighted by Crippen LogP contribution is 2.32. The first-order chi connectivity index (χ1) is 11.3. The molecule has 3 aliphatic rings. The molecule has 4 nitrogen and oxygen atoms in total. The van der Waals surface area contributed by atoms with Gasteiger partial charge in [-0.05, 0) is 36.5 Å². The van der Waals surface area contributed by atoms with Gasteiger partial charge in [0.1, 0.15) is 5.75 Å². The molecule has 1 aliphatic carbocycles. The summed E-state index contributed by atoms with van der Waals surface area (Å²) in [4.78, 5) is 2.55. The van der Waals surface area contributed by atoms with Gasteiger partial charge in [0.2, 0.25) is 0 Å². The molecular formula is C19H27NO3. The number of nitrogens with zero attached hydrogens (tertiary/aromatic N) is 1. The smallest absolute Gasteiger partial charge is 0.122 e. The molecule has 0 amide bonds. The maximum atomic E-state index is 10.3. The van der Waals surface area contributed by atoms with Gasteiger partial charge in [0.15, 0.2) is 0 Å². The molecule has 2 heterocycles. The maximum Gasteiger partial charge on any atom is 0.122 e. The van der Waals surface area contributed by atoms with Crippen LogP contribution in [0.5, 0.6) is 5.75 Å². The zero-order chi connectivity index (χ0) is 15.6. The lowest BCUT2D eigenvalue weighted by atomic mass is 9.94. The second-order valence-corrected chi connectivity index (χ2v) is 7.13. The molecule has 1 N–H and O–H groups in total. The van der Waals surface area contributed by atoms with Crippen molar-refractivity contribution in [2.75, 3.05) is 32.9 Å². The van der Waals surface area contributed by atoms with Crippen molar-refractivity contribution in [1.82, 2.24) is 4.90 Å². The summed E-state index contributed by atoms with van der Waals surface area (Å²) in [5.74, 6) is 1.45. The van der Waals surface area contributed by atoms with Crippen molar-refractivity contribution < 1.29 is 14.6 Å². The minimum absolute atomic E-state index is 0.138. The topological polar surface area (TPSA) is 41.9 Å². The van der Waals surface area contributed by atoms with E-state index in [1.807, 2.05) is 0 Å². The molecule has 0 aromatic heterocycles. The van der Waals surface area contributed by atoms with E-state index in [0.717, 1.165) is 70.8 Å². The predicted molar refractivity (Wildman–Crippen MR) is 88.9 cm³/mol. The number of hydrogen-bond donors (Lipinski definition) is 1. The Bertz CT molecular complexity index is 547. The molecule has 1 saturated heterocycles. The fourth-order valence-electron chi connectivity index (χ4n) is 4.42. The highest BCUT2D eigenvalue weighted by molar-refractivity contribution is 5.39. The molecule has 4 heteroatoms. The number of fused-ring (bicyclic) bond motifs is 1. The fraction of sp³-hybridized carbons (Fsp3) is 0.684. The first-order valence-corrected chi connectivity index (χ1v) is 9.06. The van der Waals surface area contributed by atoms with E-state index in [1.54, 1.807) is 0 Å². The molecule has 2 fully saturated rings. The van der Waals surface area contributed by atoms with Crippen LogP contribution in [0.25, 0.3) is 0 Å². The third kappa shape index (κ3) is 3.25. The monoisotopic (exact) mass is 317 g/mol. The second-order valence-electron chi connectivity index (χ2n) is 7.13. The van der Waals surface area contributed by atoms with Gasteiger partial charge in [-0.3, -0.25) is 4.90 Å². The van der Waals surface area contributed by atoms with Crippen molar-refractivity contribution in [3.05, 3.63) is 29.3 Å². The SMILES string of the molecule is O[C@@H]1CCC[C@H]1[C@@H]1COCCN1CCc1ccc2c(c1)CCO2. The Kier molecular flexibility index (Phi) is 4.56. The molecule has 0 radical (unpaired) electrons. The Labute approximate surface area is 138 Å². The van der Waals surface area contributed by atoms with Crippen molar-refractivity contribution in [2.24, 2.45) is 5.92 Å². The minimum atomic E-state index is -0.138. The Hall–Kier alpha value is -1.10. The van der Waals surface area contributed by atoms with Crippen LogP contribution in [0.15, 0.2) is 18.2 Å². The third-order valence-corrected chi connectivity index (χ3v) is 5.75. The molecule has 23 heavy (non-hydrogen) atoms. The molecule has 0 bridgehead atoms. The van der Waals surface area contributed by atoms with Gasteiger partial charge in [-0.15, -0.1) is 0 Å². The van der Waals surface area contributed by atoms with Crippen LogP contribution in [0.2, 0.25) is 0 Å². The van der Waals surface area contributed by atoms with Crippen molar-refractivity contribution in [3.63, 3.8) is 0 Å². The van der Waals surface area contributed by atoms with Crippen LogP contribution >= 0.6 is 0 Å². The van der Waals surface area contributed by atoms with E-state index in [1.165, 1.54) is 11.1 Å². The Balaban J connectivity index is 1.40. The summed E-state index contributed by atoms with van der Waals surface area (Å²) in [5.41, 5.74) is 2.75. The number of rotatable bonds is 4. The number of benzene rings is 1. The van der Waals surface area contributed by atoms with Crippen LogP contribution in [0, 0.1) is 5.92 Å². The van der Waals surface area contributed by atoms with E-state index in [-0.39, 0.29) is 6.10 Å². The molecule has 1 aromatic carbocycles. The van der Waals surface area contributed by atoms with Gasteiger partial charge in [0, 0.05) is 31.5 Å². The lowest BCUT2D eigenvalue weighted by Gasteiger charge is -2.40. The quantitative estimate of drug-likeness (QED) is 0.923. The second kappa shape index (κ2) is 6.80. The van der Waals surface area contributed by atoms with E-state index >= 15 is 0 Å². The van der Waals surface area contributed by atoms with Gasteiger partial charge in [0.25, 0.3) is 0 Å². The molecule has 3 atom stereocenters. The molecule has 2 aliphatic heterocycles. The number of aliphatic hydroxyl groups excluding tert-OH is 1. The third-order valence-electron chi connectivity index (χ3n) is 5.75. The van der Waals surface area contributed by atoms with Crippen LogP contribution in [0.1, 0.15) is 30.4 Å². The van der Waals surface area contributed by atoms with Gasteiger partial charge in [-0.1, -0.05) is 18.6 Å². The summed E-state index contributed by atoms with van der Waals surface area (Å²) in [5, 5.41) is 10.3. The van der Waals surface area contributed by atoms with E-state index in [2.05, 4.69) is 23.1 Å². The molecule has 126 valence electrons. The van der Waals surface area contributed by atoms with Gasteiger partial charge >= 0.3 is 0 Å². The Morgan fingerprint density at radius 2 is 2.17 bits per heavy atom. The zero-order valence-electron chi connectivity index (χ0n) is 13.7. The first-order valence-electron chi connectivity index (χ1n) is 9.06. The zero-order valence-corrected chi connectivity index (χ0v) is 13.7. The summed E-state index contributed by atoms with van der Waals surface area (Å²) >= 11 is 0. The number of morpholine rings is 1. The van der Waals surface area contributed by atoms with Gasteiger partial charge < -0.3 is 14.6 Å². The number of aliphatic hydroxyl groups is 1. The van der Waals surface area contributed by atoms with Crippen LogP contribution in [0.3, 0.4) is 0 Å². The molecule has 1 saturated carbocycles. The van der Waals surface area contributed by atoms with Crippen molar-refractivity contribution in [2.45, 2.75) is 44.2 Å². The van der Waals surface area contributed by atoms with E-state index in [9.17, 15) is 5.11 Å². The van der Waals surface area contributed by atoms with Crippen LogP contribution < -0.4 is 4.74 Å². The first kappa shape index (κ1) is 15.4. The molecular weight excluding hydrogens is 290 g/mol. The Morgan fingerprint density at radius 1 is 1.22 bits per heavy atom. The lowest BCUT2D eigenvalue weighted by Crippen LogP contribution is -2.51. The summed E-state index contributed by atoms with van der Waals surface area (Å²) in [7, 11) is 0. The standard InChI is InChI=1S/C19H27NO3/c21-18-3-1-2-16(18)17-13-22-11-9-20(17)8-6-14-4-5-19-15(12-14)7-10-23-19/h4-5,12,16-18,21H,1-3,6-11,13H2/t16-,17-,18+/m0/s1. The molecule has 1 aromatic rings. The van der Waals surface area contributed by atoms with Crippen LogP contribution in [-0.2, 0) is 17.6 Å². The maximum absolute atomic E-state index is 10.3. The van der Waals surface area contributed by atoms with E-state index < -0.39 is 0 Å². The van der Waals surface area contributed by atoms with E-state index in [4.69, 9.17) is 9.47 Å². The largest absolute Gasteiger partial charge is 0.493 e. The summed E-state index contributed by atoms with van der Waals surface area (Å²) in [6.07, 6.45) is 5.22. The average molecular weight is 317 g/mol. The molecule has 0 spiro atoms. The highest BCUT2D eigenvalue weighted by Gasteiger charge is 2.37. The minimum Gasteiger partial charge on any atom is -0.493 e. The number of hydrogen-bond acceptors (Lipinski definition) is 4.